The minimum absolute atomic E-state index is 0.172. The Hall–Kier alpha value is -3.39. The maximum Gasteiger partial charge on any atom is 0.294 e. The van der Waals surface area contributed by atoms with Gasteiger partial charge in [0.25, 0.3) is 11.6 Å². The predicted octanol–water partition coefficient (Wildman–Crippen LogP) is 3.58. The van der Waals surface area contributed by atoms with Crippen LogP contribution >= 0.6 is 11.6 Å². The van der Waals surface area contributed by atoms with E-state index in [-0.39, 0.29) is 23.8 Å². The Labute approximate surface area is 166 Å². The summed E-state index contributed by atoms with van der Waals surface area (Å²) >= 11 is 5.82. The fraction of sp³-hybridized carbons (Fsp3) is 0.158. The first-order valence-corrected chi connectivity index (χ1v) is 8.74. The number of imidazole rings is 1. The number of carbonyl (C=O) groups is 1. The van der Waals surface area contributed by atoms with Crippen LogP contribution in [-0.2, 0) is 0 Å². The monoisotopic (exact) mass is 400 g/mol. The summed E-state index contributed by atoms with van der Waals surface area (Å²) in [5, 5.41) is 12.0. The molecule has 0 radical (unpaired) electrons. The number of nitro benzene ring substituents is 1. The van der Waals surface area contributed by atoms with Crippen molar-refractivity contribution in [2.24, 2.45) is 0 Å². The molecule has 8 nitrogen and oxygen atoms in total. The summed E-state index contributed by atoms with van der Waals surface area (Å²) < 4.78 is 7.10. The molecule has 0 unspecified atom stereocenters. The number of carbonyl (C=O) groups excluding carboxylic acids is 1. The molecule has 1 amide bonds. The van der Waals surface area contributed by atoms with Crippen LogP contribution in [0.25, 0.3) is 5.69 Å². The van der Waals surface area contributed by atoms with Crippen LogP contribution in [0.3, 0.4) is 0 Å². The van der Waals surface area contributed by atoms with Crippen molar-refractivity contribution in [2.45, 2.75) is 0 Å². The fourth-order valence-electron chi connectivity index (χ4n) is 2.58. The van der Waals surface area contributed by atoms with Crippen LogP contribution in [0.1, 0.15) is 10.4 Å². The molecule has 144 valence electrons. The molecule has 28 heavy (non-hydrogen) atoms. The fourth-order valence-corrected chi connectivity index (χ4v) is 2.70. The van der Waals surface area contributed by atoms with E-state index >= 15 is 0 Å². The predicted molar refractivity (Wildman–Crippen MR) is 104 cm³/mol. The summed E-state index contributed by atoms with van der Waals surface area (Å²) in [6.45, 7) is 0.595. The van der Waals surface area contributed by atoms with Gasteiger partial charge in [-0.15, -0.1) is 0 Å². The van der Waals surface area contributed by atoms with Crippen LogP contribution in [0.15, 0.2) is 61.2 Å². The maximum absolute atomic E-state index is 12.6. The zero-order valence-electron chi connectivity index (χ0n) is 15.0. The summed E-state index contributed by atoms with van der Waals surface area (Å²) in [7, 11) is 1.61. The Kier molecular flexibility index (Phi) is 5.90. The molecule has 0 aliphatic carbocycles. The molecule has 0 N–H and O–H groups in total. The normalized spacial score (nSPS) is 10.5. The summed E-state index contributed by atoms with van der Waals surface area (Å²) in [6.07, 6.45) is 4.59. The van der Waals surface area contributed by atoms with Crippen LogP contribution in [0.5, 0.6) is 5.75 Å². The third kappa shape index (κ3) is 4.47. The number of halogens is 1. The van der Waals surface area contributed by atoms with E-state index in [1.54, 1.807) is 43.6 Å². The molecule has 0 fully saturated rings. The van der Waals surface area contributed by atoms with Crippen molar-refractivity contribution in [2.75, 3.05) is 20.2 Å². The highest BCUT2D eigenvalue weighted by atomic mass is 35.5. The van der Waals surface area contributed by atoms with E-state index in [0.717, 1.165) is 0 Å². The molecule has 3 aromatic rings. The molecule has 9 heteroatoms. The smallest absolute Gasteiger partial charge is 0.294 e. The van der Waals surface area contributed by atoms with E-state index in [9.17, 15) is 14.9 Å². The quantitative estimate of drug-likeness (QED) is 0.446. The first-order chi connectivity index (χ1) is 13.5. The van der Waals surface area contributed by atoms with Crippen LogP contribution in [0.4, 0.5) is 5.69 Å². The third-order valence-corrected chi connectivity index (χ3v) is 4.31. The number of amides is 1. The van der Waals surface area contributed by atoms with E-state index in [4.69, 9.17) is 16.3 Å². The van der Waals surface area contributed by atoms with Gasteiger partial charge in [-0.2, -0.15) is 0 Å². The van der Waals surface area contributed by atoms with E-state index in [1.807, 2.05) is 0 Å². The van der Waals surface area contributed by atoms with Gasteiger partial charge < -0.3 is 14.2 Å². The lowest BCUT2D eigenvalue weighted by Gasteiger charge is -2.18. The highest BCUT2D eigenvalue weighted by Gasteiger charge is 2.20. The average molecular weight is 401 g/mol. The van der Waals surface area contributed by atoms with E-state index in [1.165, 1.54) is 34.1 Å². The molecular weight excluding hydrogens is 384 g/mol. The lowest BCUT2D eigenvalue weighted by Crippen LogP contribution is -2.31. The Bertz CT molecular complexity index is 974. The molecule has 0 saturated heterocycles. The summed E-state index contributed by atoms with van der Waals surface area (Å²) in [5.41, 5.74) is 0.395. The summed E-state index contributed by atoms with van der Waals surface area (Å²) in [5.74, 6) is 0.311. The van der Waals surface area contributed by atoms with Crippen LogP contribution in [-0.4, -0.2) is 45.5 Å². The molecule has 0 atom stereocenters. The van der Waals surface area contributed by atoms with Gasteiger partial charge in [-0.3, -0.25) is 14.9 Å². The number of hydrogen-bond donors (Lipinski definition) is 0. The van der Waals surface area contributed by atoms with Gasteiger partial charge in [-0.05, 0) is 36.4 Å². The molecule has 2 aromatic carbocycles. The lowest BCUT2D eigenvalue weighted by molar-refractivity contribution is -0.384. The van der Waals surface area contributed by atoms with Crippen LogP contribution < -0.4 is 4.74 Å². The molecule has 0 saturated carbocycles. The summed E-state index contributed by atoms with van der Waals surface area (Å²) in [6, 6.07) is 11.3. The molecule has 3 rings (SSSR count). The SMILES string of the molecule is CN(CCOc1ccc(Cl)cc1)C(=O)c1ccc(-n2ccnc2)c([N+](=O)[O-])c1. The standard InChI is InChI=1S/C19H17ClN4O4/c1-22(10-11-28-16-5-3-15(20)4-6-16)19(25)14-2-7-17(18(12-14)24(26)27)23-9-8-21-13-23/h2-9,12-13H,10-11H2,1H3. The Morgan fingerprint density at radius 2 is 2.04 bits per heavy atom. The van der Waals surface area contributed by atoms with Gasteiger partial charge in [0.05, 0.1) is 17.8 Å². The van der Waals surface area contributed by atoms with Crippen LogP contribution in [0, 0.1) is 10.1 Å². The highest BCUT2D eigenvalue weighted by Crippen LogP contribution is 2.24. The number of ether oxygens (including phenoxy) is 1. The number of hydrogen-bond acceptors (Lipinski definition) is 5. The first kappa shape index (κ1) is 19.4. The minimum Gasteiger partial charge on any atom is -0.492 e. The Balaban J connectivity index is 1.68. The second-order valence-electron chi connectivity index (χ2n) is 5.96. The van der Waals surface area contributed by atoms with E-state index in [2.05, 4.69) is 4.98 Å². The molecule has 1 heterocycles. The van der Waals surface area contributed by atoms with Crippen molar-refractivity contribution in [3.05, 3.63) is 81.9 Å². The van der Waals surface area contributed by atoms with Gasteiger partial charge in [0.15, 0.2) is 0 Å². The number of aromatic nitrogens is 2. The zero-order valence-corrected chi connectivity index (χ0v) is 15.7. The van der Waals surface area contributed by atoms with Gasteiger partial charge in [0.1, 0.15) is 18.0 Å². The second kappa shape index (κ2) is 8.53. The lowest BCUT2D eigenvalue weighted by atomic mass is 10.1. The molecule has 1 aromatic heterocycles. The number of nitro groups is 1. The number of rotatable bonds is 7. The molecular formula is C19H17ClN4O4. The molecule has 0 spiro atoms. The minimum atomic E-state index is -0.518. The van der Waals surface area contributed by atoms with Crippen molar-refractivity contribution in [3.63, 3.8) is 0 Å². The number of nitrogens with zero attached hydrogens (tertiary/aromatic N) is 4. The largest absolute Gasteiger partial charge is 0.492 e. The van der Waals surface area contributed by atoms with E-state index < -0.39 is 4.92 Å². The van der Waals surface area contributed by atoms with Crippen molar-refractivity contribution < 1.29 is 14.5 Å². The topological polar surface area (TPSA) is 90.5 Å². The van der Waals surface area contributed by atoms with E-state index in [0.29, 0.717) is 23.0 Å². The number of likely N-dealkylation sites (N-methyl/N-ethyl adjacent to an activating group) is 1. The van der Waals surface area contributed by atoms with Crippen molar-refractivity contribution in [3.8, 4) is 11.4 Å². The Morgan fingerprint density at radius 3 is 2.68 bits per heavy atom. The van der Waals surface area contributed by atoms with Gasteiger partial charge >= 0.3 is 0 Å². The van der Waals surface area contributed by atoms with Gasteiger partial charge in [-0.25, -0.2) is 4.98 Å². The Morgan fingerprint density at radius 1 is 1.29 bits per heavy atom. The molecule has 0 aliphatic rings. The third-order valence-electron chi connectivity index (χ3n) is 4.06. The van der Waals surface area contributed by atoms with Crippen molar-refractivity contribution >= 4 is 23.2 Å². The van der Waals surface area contributed by atoms with Crippen LogP contribution in [0.2, 0.25) is 5.02 Å². The van der Waals surface area contributed by atoms with Crippen molar-refractivity contribution in [1.29, 1.82) is 0 Å². The second-order valence-corrected chi connectivity index (χ2v) is 6.40. The first-order valence-electron chi connectivity index (χ1n) is 8.36. The molecule has 0 bridgehead atoms. The maximum atomic E-state index is 12.6. The highest BCUT2D eigenvalue weighted by molar-refractivity contribution is 6.30. The summed E-state index contributed by atoms with van der Waals surface area (Å²) in [4.78, 5) is 28.9. The molecule has 0 aliphatic heterocycles. The van der Waals surface area contributed by atoms with Crippen molar-refractivity contribution in [1.82, 2.24) is 14.5 Å². The zero-order chi connectivity index (χ0) is 20.1. The van der Waals surface area contributed by atoms with Gasteiger partial charge in [0, 0.05) is 36.1 Å². The van der Waals surface area contributed by atoms with Gasteiger partial charge in [0.2, 0.25) is 0 Å². The average Bonchev–Trinajstić information content (AvgIpc) is 3.23. The number of benzene rings is 2. The van der Waals surface area contributed by atoms with Gasteiger partial charge in [-0.1, -0.05) is 11.6 Å².